The molecule has 3 rings (SSSR count). The third kappa shape index (κ3) is 2.48. The summed E-state index contributed by atoms with van der Waals surface area (Å²) in [4.78, 5) is 14.7. The minimum Gasteiger partial charge on any atom is -0.319 e. The Labute approximate surface area is 127 Å². The highest BCUT2D eigenvalue weighted by atomic mass is 16.2. The van der Waals surface area contributed by atoms with Gasteiger partial charge in [-0.15, -0.1) is 0 Å². The maximum absolute atomic E-state index is 12.6. The number of carbonyl (C=O) groups excluding carboxylic acids is 1. The maximum atomic E-state index is 12.6. The van der Waals surface area contributed by atoms with E-state index >= 15 is 0 Å². The van der Waals surface area contributed by atoms with E-state index in [1.807, 2.05) is 6.92 Å². The Morgan fingerprint density at radius 1 is 1.29 bits per heavy atom. The highest BCUT2D eigenvalue weighted by Gasteiger charge is 2.43. The van der Waals surface area contributed by atoms with Crippen LogP contribution in [-0.2, 0) is 4.79 Å². The number of hydrogen-bond donors (Lipinski definition) is 1. The van der Waals surface area contributed by atoms with Gasteiger partial charge in [0.2, 0.25) is 5.91 Å². The fourth-order valence-corrected chi connectivity index (χ4v) is 3.70. The number of carbonyl (C=O) groups is 1. The summed E-state index contributed by atoms with van der Waals surface area (Å²) < 4.78 is 0. The first-order chi connectivity index (χ1) is 9.99. The molecule has 3 heteroatoms. The number of aryl methyl sites for hydroxylation is 2. The van der Waals surface area contributed by atoms with Gasteiger partial charge < -0.3 is 4.90 Å². The number of nitrogens with one attached hydrogen (secondary N) is 1. The zero-order valence-corrected chi connectivity index (χ0v) is 13.5. The molecule has 1 saturated carbocycles. The molecule has 2 fully saturated rings. The van der Waals surface area contributed by atoms with Crippen LogP contribution in [0.5, 0.6) is 0 Å². The molecule has 3 atom stereocenters. The van der Waals surface area contributed by atoms with Gasteiger partial charge in [0.1, 0.15) is 6.17 Å². The second kappa shape index (κ2) is 5.45. The standard InChI is InChI=1S/C18H26N2O/c1-11-8-9-16(12(2)10-11)17-19-13(3)18(21)20(17)14(4)15-6-5-7-15/h8-10,13-15,17,19H,5-7H2,1-4H3. The quantitative estimate of drug-likeness (QED) is 0.924. The number of nitrogens with zero attached hydrogens (tertiary/aromatic N) is 1. The Morgan fingerprint density at radius 3 is 2.57 bits per heavy atom. The number of rotatable bonds is 3. The van der Waals surface area contributed by atoms with Gasteiger partial charge in [0, 0.05) is 6.04 Å². The summed E-state index contributed by atoms with van der Waals surface area (Å²) in [7, 11) is 0. The fourth-order valence-electron chi connectivity index (χ4n) is 3.70. The molecule has 1 aromatic rings. The lowest BCUT2D eigenvalue weighted by molar-refractivity contribution is -0.133. The molecular formula is C18H26N2O. The number of benzene rings is 1. The van der Waals surface area contributed by atoms with E-state index in [2.05, 4.69) is 49.2 Å². The lowest BCUT2D eigenvalue weighted by atomic mass is 9.79. The third-order valence-corrected chi connectivity index (χ3v) is 5.30. The van der Waals surface area contributed by atoms with Crippen LogP contribution in [0.2, 0.25) is 0 Å². The summed E-state index contributed by atoms with van der Waals surface area (Å²) in [6, 6.07) is 6.77. The van der Waals surface area contributed by atoms with Crippen molar-refractivity contribution in [2.45, 2.75) is 65.2 Å². The van der Waals surface area contributed by atoms with Gasteiger partial charge in [-0.1, -0.05) is 30.2 Å². The molecule has 114 valence electrons. The summed E-state index contributed by atoms with van der Waals surface area (Å²) in [6.45, 7) is 8.45. The predicted molar refractivity (Wildman–Crippen MR) is 84.9 cm³/mol. The summed E-state index contributed by atoms with van der Waals surface area (Å²) in [5, 5.41) is 3.49. The minimum atomic E-state index is -0.0850. The second-order valence-corrected chi connectivity index (χ2v) is 6.83. The molecule has 21 heavy (non-hydrogen) atoms. The zero-order valence-electron chi connectivity index (χ0n) is 13.5. The summed E-state index contributed by atoms with van der Waals surface area (Å²) in [5.41, 5.74) is 3.77. The molecule has 3 nitrogen and oxygen atoms in total. The lowest BCUT2D eigenvalue weighted by Gasteiger charge is -2.40. The van der Waals surface area contributed by atoms with E-state index in [1.165, 1.54) is 36.0 Å². The molecule has 1 aromatic carbocycles. The van der Waals surface area contributed by atoms with Crippen LogP contribution in [0.25, 0.3) is 0 Å². The van der Waals surface area contributed by atoms with E-state index in [-0.39, 0.29) is 18.1 Å². The van der Waals surface area contributed by atoms with Crippen LogP contribution in [0.15, 0.2) is 18.2 Å². The molecule has 1 saturated heterocycles. The molecule has 1 heterocycles. The summed E-state index contributed by atoms with van der Waals surface area (Å²) >= 11 is 0. The molecule has 2 aliphatic rings. The van der Waals surface area contributed by atoms with Crippen LogP contribution in [0, 0.1) is 19.8 Å². The van der Waals surface area contributed by atoms with Crippen LogP contribution in [-0.4, -0.2) is 22.9 Å². The molecule has 0 radical (unpaired) electrons. The van der Waals surface area contributed by atoms with Crippen molar-refractivity contribution in [1.82, 2.24) is 10.2 Å². The van der Waals surface area contributed by atoms with Crippen molar-refractivity contribution in [3.8, 4) is 0 Å². The first-order valence-electron chi connectivity index (χ1n) is 8.14. The van der Waals surface area contributed by atoms with Crippen LogP contribution >= 0.6 is 0 Å². The van der Waals surface area contributed by atoms with Crippen LogP contribution in [0.1, 0.15) is 56.0 Å². The third-order valence-electron chi connectivity index (χ3n) is 5.30. The van der Waals surface area contributed by atoms with Crippen LogP contribution in [0.3, 0.4) is 0 Å². The van der Waals surface area contributed by atoms with Crippen LogP contribution in [0.4, 0.5) is 0 Å². The van der Waals surface area contributed by atoms with Crippen LogP contribution < -0.4 is 5.32 Å². The highest BCUT2D eigenvalue weighted by Crippen LogP contribution is 2.38. The van der Waals surface area contributed by atoms with Crippen molar-refractivity contribution >= 4 is 5.91 Å². The van der Waals surface area contributed by atoms with Gasteiger partial charge in [0.15, 0.2) is 0 Å². The largest absolute Gasteiger partial charge is 0.319 e. The van der Waals surface area contributed by atoms with Crippen molar-refractivity contribution in [1.29, 1.82) is 0 Å². The Hall–Kier alpha value is -1.35. The molecule has 1 aliphatic heterocycles. The highest BCUT2D eigenvalue weighted by molar-refractivity contribution is 5.84. The zero-order chi connectivity index (χ0) is 15.1. The molecular weight excluding hydrogens is 260 g/mol. The van der Waals surface area contributed by atoms with Crippen molar-refractivity contribution in [2.24, 2.45) is 5.92 Å². The molecule has 1 amide bonds. The maximum Gasteiger partial charge on any atom is 0.241 e. The van der Waals surface area contributed by atoms with Gasteiger partial charge in [-0.25, -0.2) is 0 Å². The van der Waals surface area contributed by atoms with Crippen molar-refractivity contribution < 1.29 is 4.79 Å². The van der Waals surface area contributed by atoms with Gasteiger partial charge >= 0.3 is 0 Å². The second-order valence-electron chi connectivity index (χ2n) is 6.83. The number of hydrogen-bond acceptors (Lipinski definition) is 2. The number of amides is 1. The van der Waals surface area contributed by atoms with E-state index in [4.69, 9.17) is 0 Å². The van der Waals surface area contributed by atoms with E-state index in [0.29, 0.717) is 12.0 Å². The molecule has 1 N–H and O–H groups in total. The first-order valence-corrected chi connectivity index (χ1v) is 8.14. The molecule has 3 unspecified atom stereocenters. The smallest absolute Gasteiger partial charge is 0.241 e. The Morgan fingerprint density at radius 2 is 2.00 bits per heavy atom. The van der Waals surface area contributed by atoms with Gasteiger partial charge in [-0.3, -0.25) is 10.1 Å². The normalized spacial score (nSPS) is 27.8. The van der Waals surface area contributed by atoms with E-state index < -0.39 is 0 Å². The predicted octanol–water partition coefficient (Wildman–Crippen LogP) is 3.31. The summed E-state index contributed by atoms with van der Waals surface area (Å²) in [5.74, 6) is 0.925. The van der Waals surface area contributed by atoms with Gasteiger partial charge in [-0.2, -0.15) is 0 Å². The Kier molecular flexibility index (Phi) is 3.78. The Bertz CT molecular complexity index is 550. The van der Waals surface area contributed by atoms with E-state index in [9.17, 15) is 4.79 Å². The van der Waals surface area contributed by atoms with E-state index in [0.717, 1.165) is 0 Å². The van der Waals surface area contributed by atoms with Crippen molar-refractivity contribution in [2.75, 3.05) is 0 Å². The summed E-state index contributed by atoms with van der Waals surface area (Å²) in [6.07, 6.45) is 3.87. The van der Waals surface area contributed by atoms with Crippen molar-refractivity contribution in [3.05, 3.63) is 34.9 Å². The molecule has 0 aromatic heterocycles. The Balaban J connectivity index is 1.92. The molecule has 0 spiro atoms. The van der Waals surface area contributed by atoms with Gasteiger partial charge in [-0.05, 0) is 57.6 Å². The van der Waals surface area contributed by atoms with Crippen molar-refractivity contribution in [3.63, 3.8) is 0 Å². The topological polar surface area (TPSA) is 32.3 Å². The van der Waals surface area contributed by atoms with Gasteiger partial charge in [0.25, 0.3) is 0 Å². The SMILES string of the molecule is Cc1ccc(C2NC(C)C(=O)N2C(C)C2CCC2)c(C)c1. The average molecular weight is 286 g/mol. The lowest BCUT2D eigenvalue weighted by Crippen LogP contribution is -2.44. The average Bonchev–Trinajstić information content (AvgIpc) is 2.63. The fraction of sp³-hybridized carbons (Fsp3) is 0.611. The molecule has 0 bridgehead atoms. The monoisotopic (exact) mass is 286 g/mol. The van der Waals surface area contributed by atoms with E-state index in [1.54, 1.807) is 0 Å². The first kappa shape index (κ1) is 14.6. The minimum absolute atomic E-state index is 0.0312. The van der Waals surface area contributed by atoms with Gasteiger partial charge in [0.05, 0.1) is 6.04 Å². The molecule has 1 aliphatic carbocycles.